The molecule has 0 aromatic carbocycles. The van der Waals surface area contributed by atoms with Crippen LogP contribution in [0.1, 0.15) is 32.5 Å². The zero-order valence-corrected chi connectivity index (χ0v) is 11.2. The lowest BCUT2D eigenvalue weighted by molar-refractivity contribution is -0.00409. The molecule has 0 spiro atoms. The summed E-state index contributed by atoms with van der Waals surface area (Å²) in [6.07, 6.45) is 1.49. The molecule has 2 atom stereocenters. The normalized spacial score (nSPS) is 16.2. The van der Waals surface area contributed by atoms with E-state index in [1.807, 2.05) is 7.05 Å². The Labute approximate surface area is 102 Å². The minimum atomic E-state index is -0.287. The van der Waals surface area contributed by atoms with Crippen LogP contribution < -0.4 is 5.73 Å². The number of nitrogens with zero attached hydrogens (tertiary/aromatic N) is 2. The lowest BCUT2D eigenvalue weighted by Gasteiger charge is -2.34. The van der Waals surface area contributed by atoms with E-state index in [0.29, 0.717) is 5.02 Å². The molecule has 0 fully saturated rings. The Balaban J connectivity index is 3.05. The van der Waals surface area contributed by atoms with Gasteiger partial charge in [-0.1, -0.05) is 32.4 Å². The molecule has 4 nitrogen and oxygen atoms in total. The first kappa shape index (κ1) is 13.5. The molecule has 0 aliphatic rings. The van der Waals surface area contributed by atoms with Gasteiger partial charge in [-0.15, -0.1) is 0 Å². The highest BCUT2D eigenvalue weighted by molar-refractivity contribution is 6.31. The first-order valence-corrected chi connectivity index (χ1v) is 5.62. The van der Waals surface area contributed by atoms with E-state index in [-0.39, 0.29) is 17.6 Å². The summed E-state index contributed by atoms with van der Waals surface area (Å²) >= 11 is 6.07. The van der Waals surface area contributed by atoms with Crippen LogP contribution in [0.2, 0.25) is 5.02 Å². The van der Waals surface area contributed by atoms with E-state index in [0.717, 1.165) is 5.69 Å². The molecule has 1 heterocycles. The lowest BCUT2D eigenvalue weighted by Crippen LogP contribution is -2.39. The van der Waals surface area contributed by atoms with Crippen molar-refractivity contribution in [3.05, 3.63) is 16.9 Å². The summed E-state index contributed by atoms with van der Waals surface area (Å²) in [6.45, 7) is 6.27. The average molecular weight is 246 g/mol. The maximum atomic E-state index is 6.21. The van der Waals surface area contributed by atoms with Crippen molar-refractivity contribution >= 4 is 11.6 Å². The maximum Gasteiger partial charge on any atom is 0.0834 e. The van der Waals surface area contributed by atoms with Crippen LogP contribution in [0, 0.1) is 5.41 Å². The Morgan fingerprint density at radius 2 is 2.06 bits per heavy atom. The zero-order valence-electron chi connectivity index (χ0n) is 10.5. The van der Waals surface area contributed by atoms with Crippen LogP contribution >= 0.6 is 11.6 Å². The van der Waals surface area contributed by atoms with E-state index in [2.05, 4.69) is 25.9 Å². The first-order chi connectivity index (χ1) is 7.29. The molecule has 1 aromatic rings. The highest BCUT2D eigenvalue weighted by Crippen LogP contribution is 2.33. The van der Waals surface area contributed by atoms with Gasteiger partial charge in [-0.25, -0.2) is 0 Å². The number of aromatic nitrogens is 2. The van der Waals surface area contributed by atoms with Gasteiger partial charge in [0.05, 0.1) is 29.1 Å². The maximum absolute atomic E-state index is 6.21. The monoisotopic (exact) mass is 245 g/mol. The number of rotatable bonds is 3. The lowest BCUT2D eigenvalue weighted by atomic mass is 9.83. The van der Waals surface area contributed by atoms with Crippen molar-refractivity contribution in [2.45, 2.75) is 32.9 Å². The molecule has 2 unspecified atom stereocenters. The minimum Gasteiger partial charge on any atom is -0.379 e. The number of nitrogens with two attached hydrogens (primary N) is 1. The average Bonchev–Trinajstić information content (AvgIpc) is 2.44. The third-order valence-corrected chi connectivity index (χ3v) is 2.98. The van der Waals surface area contributed by atoms with Crippen LogP contribution in [0.4, 0.5) is 0 Å². The number of halogens is 1. The van der Waals surface area contributed by atoms with Crippen molar-refractivity contribution in [1.29, 1.82) is 0 Å². The van der Waals surface area contributed by atoms with Crippen molar-refractivity contribution < 1.29 is 4.74 Å². The SMILES string of the molecule is COC(C(N)c1c(Cl)cnn1C)C(C)(C)C. The van der Waals surface area contributed by atoms with Gasteiger partial charge in [0.15, 0.2) is 0 Å². The fraction of sp³-hybridized carbons (Fsp3) is 0.727. The predicted octanol–water partition coefficient (Wildman–Crippen LogP) is 2.13. The molecule has 0 saturated heterocycles. The van der Waals surface area contributed by atoms with Crippen LogP contribution in [-0.2, 0) is 11.8 Å². The zero-order chi connectivity index (χ0) is 12.5. The Bertz CT molecular complexity index is 337. The Morgan fingerprint density at radius 3 is 2.38 bits per heavy atom. The second-order valence-electron chi connectivity index (χ2n) is 5.05. The Hall–Kier alpha value is -0.580. The van der Waals surface area contributed by atoms with Gasteiger partial charge in [0.2, 0.25) is 0 Å². The fourth-order valence-electron chi connectivity index (χ4n) is 1.98. The summed E-state index contributed by atoms with van der Waals surface area (Å²) in [5.74, 6) is 0. The molecule has 0 aliphatic heterocycles. The molecular weight excluding hydrogens is 226 g/mol. The van der Waals surface area contributed by atoms with Gasteiger partial charge in [0, 0.05) is 14.2 Å². The van der Waals surface area contributed by atoms with Gasteiger partial charge in [-0.2, -0.15) is 5.10 Å². The molecule has 16 heavy (non-hydrogen) atoms. The summed E-state index contributed by atoms with van der Waals surface area (Å²) in [6, 6.07) is -0.287. The van der Waals surface area contributed by atoms with Crippen molar-refractivity contribution in [3.8, 4) is 0 Å². The Kier molecular flexibility index (Phi) is 3.99. The van der Waals surface area contributed by atoms with Crippen LogP contribution in [0.3, 0.4) is 0 Å². The molecule has 0 bridgehead atoms. The number of hydrogen-bond donors (Lipinski definition) is 1. The van der Waals surface area contributed by atoms with Crippen molar-refractivity contribution in [3.63, 3.8) is 0 Å². The van der Waals surface area contributed by atoms with Gasteiger partial charge in [0.1, 0.15) is 0 Å². The Morgan fingerprint density at radius 1 is 1.50 bits per heavy atom. The summed E-state index contributed by atoms with van der Waals surface area (Å²) in [5, 5.41) is 4.67. The van der Waals surface area contributed by atoms with Crippen LogP contribution in [0.25, 0.3) is 0 Å². The summed E-state index contributed by atoms with van der Waals surface area (Å²) < 4.78 is 7.18. The smallest absolute Gasteiger partial charge is 0.0834 e. The predicted molar refractivity (Wildman–Crippen MR) is 65.4 cm³/mol. The van der Waals surface area contributed by atoms with E-state index in [1.165, 1.54) is 0 Å². The largest absolute Gasteiger partial charge is 0.379 e. The van der Waals surface area contributed by atoms with E-state index in [1.54, 1.807) is 18.0 Å². The number of aryl methyl sites for hydroxylation is 1. The van der Waals surface area contributed by atoms with Crippen molar-refractivity contribution in [2.75, 3.05) is 7.11 Å². The van der Waals surface area contributed by atoms with Crippen molar-refractivity contribution in [2.24, 2.45) is 18.2 Å². The van der Waals surface area contributed by atoms with Gasteiger partial charge in [-0.05, 0) is 5.41 Å². The second-order valence-corrected chi connectivity index (χ2v) is 5.46. The van der Waals surface area contributed by atoms with Crippen LogP contribution in [-0.4, -0.2) is 23.0 Å². The highest BCUT2D eigenvalue weighted by atomic mass is 35.5. The quantitative estimate of drug-likeness (QED) is 0.888. The summed E-state index contributed by atoms with van der Waals surface area (Å²) in [5.41, 5.74) is 6.97. The first-order valence-electron chi connectivity index (χ1n) is 5.24. The molecule has 0 saturated carbocycles. The summed E-state index contributed by atoms with van der Waals surface area (Å²) in [4.78, 5) is 0. The number of hydrogen-bond acceptors (Lipinski definition) is 3. The van der Waals surface area contributed by atoms with Gasteiger partial charge in [0.25, 0.3) is 0 Å². The van der Waals surface area contributed by atoms with E-state index in [9.17, 15) is 0 Å². The van der Waals surface area contributed by atoms with Gasteiger partial charge < -0.3 is 10.5 Å². The third-order valence-electron chi connectivity index (χ3n) is 2.69. The molecule has 5 heteroatoms. The highest BCUT2D eigenvalue weighted by Gasteiger charge is 2.33. The molecule has 0 amide bonds. The minimum absolute atomic E-state index is 0.0538. The molecule has 1 rings (SSSR count). The van der Waals surface area contributed by atoms with E-state index < -0.39 is 0 Å². The third kappa shape index (κ3) is 2.56. The van der Waals surface area contributed by atoms with Crippen LogP contribution in [0.5, 0.6) is 0 Å². The van der Waals surface area contributed by atoms with Gasteiger partial charge >= 0.3 is 0 Å². The number of ether oxygens (including phenoxy) is 1. The topological polar surface area (TPSA) is 53.1 Å². The molecule has 92 valence electrons. The van der Waals surface area contributed by atoms with Crippen molar-refractivity contribution in [1.82, 2.24) is 9.78 Å². The van der Waals surface area contributed by atoms with E-state index >= 15 is 0 Å². The van der Waals surface area contributed by atoms with Gasteiger partial charge in [-0.3, -0.25) is 4.68 Å². The molecule has 0 radical (unpaired) electrons. The molecule has 2 N–H and O–H groups in total. The van der Waals surface area contributed by atoms with E-state index in [4.69, 9.17) is 22.1 Å². The molecule has 1 aromatic heterocycles. The fourth-order valence-corrected chi connectivity index (χ4v) is 2.27. The molecule has 0 aliphatic carbocycles. The summed E-state index contributed by atoms with van der Waals surface area (Å²) in [7, 11) is 3.50. The number of methoxy groups -OCH3 is 1. The standard InChI is InChI=1S/C11H20ClN3O/c1-11(2,3)10(16-5)8(13)9-7(12)6-14-15(9)4/h6,8,10H,13H2,1-5H3. The molecular formula is C11H20ClN3O. The van der Waals surface area contributed by atoms with Crippen LogP contribution in [0.15, 0.2) is 6.20 Å². The second kappa shape index (κ2) is 4.73.